The average molecular weight is 247 g/mol. The van der Waals surface area contributed by atoms with E-state index in [2.05, 4.69) is 28.3 Å². The molecule has 0 unspecified atom stereocenters. The summed E-state index contributed by atoms with van der Waals surface area (Å²) in [6, 6.07) is 4.15. The van der Waals surface area contributed by atoms with E-state index in [1.807, 2.05) is 25.4 Å². The molecule has 2 heterocycles. The average Bonchev–Trinajstić information content (AvgIpc) is 2.80. The summed E-state index contributed by atoms with van der Waals surface area (Å²) >= 11 is 1.78. The lowest BCUT2D eigenvalue weighted by atomic mass is 10.2. The molecule has 0 amide bonds. The van der Waals surface area contributed by atoms with Gasteiger partial charge in [-0.1, -0.05) is 13.0 Å². The summed E-state index contributed by atoms with van der Waals surface area (Å²) in [5.41, 5.74) is 2.28. The summed E-state index contributed by atoms with van der Waals surface area (Å²) in [7, 11) is 0. The summed E-state index contributed by atoms with van der Waals surface area (Å²) in [6.45, 7) is 5.87. The number of aryl methyl sites for hydroxylation is 2. The summed E-state index contributed by atoms with van der Waals surface area (Å²) in [6.07, 6.45) is 4.91. The molecule has 0 saturated heterocycles. The molecule has 2 aromatic heterocycles. The second-order valence-electron chi connectivity index (χ2n) is 3.99. The molecular weight excluding hydrogens is 230 g/mol. The molecule has 17 heavy (non-hydrogen) atoms. The Kier molecular flexibility index (Phi) is 4.23. The molecule has 1 N–H and O–H groups in total. The van der Waals surface area contributed by atoms with Crippen LogP contribution < -0.4 is 5.32 Å². The highest BCUT2D eigenvalue weighted by atomic mass is 32.1. The van der Waals surface area contributed by atoms with Crippen molar-refractivity contribution in [2.75, 3.05) is 0 Å². The van der Waals surface area contributed by atoms with Gasteiger partial charge in [0.05, 0.1) is 5.01 Å². The first-order valence-electron chi connectivity index (χ1n) is 5.83. The van der Waals surface area contributed by atoms with Gasteiger partial charge in [0.2, 0.25) is 0 Å². The zero-order valence-electron chi connectivity index (χ0n) is 10.2. The van der Waals surface area contributed by atoms with Gasteiger partial charge in [-0.2, -0.15) is 0 Å². The van der Waals surface area contributed by atoms with Crippen LogP contribution in [0.15, 0.2) is 24.5 Å². The summed E-state index contributed by atoms with van der Waals surface area (Å²) in [5, 5.41) is 4.61. The minimum absolute atomic E-state index is 0.854. The van der Waals surface area contributed by atoms with Crippen LogP contribution in [0.3, 0.4) is 0 Å². The molecule has 0 saturated carbocycles. The first kappa shape index (κ1) is 12.2. The Morgan fingerprint density at radius 3 is 2.71 bits per heavy atom. The third-order valence-corrected chi connectivity index (χ3v) is 3.65. The Balaban J connectivity index is 1.81. The van der Waals surface area contributed by atoms with E-state index >= 15 is 0 Å². The number of hydrogen-bond acceptors (Lipinski definition) is 4. The zero-order valence-corrected chi connectivity index (χ0v) is 11.0. The Hall–Kier alpha value is -1.26. The van der Waals surface area contributed by atoms with Gasteiger partial charge in [-0.3, -0.25) is 4.98 Å². The van der Waals surface area contributed by atoms with E-state index in [1.165, 1.54) is 15.4 Å². The fourth-order valence-electron chi connectivity index (χ4n) is 1.53. The number of hydrogen-bond donors (Lipinski definition) is 1. The van der Waals surface area contributed by atoms with Gasteiger partial charge >= 0.3 is 0 Å². The summed E-state index contributed by atoms with van der Waals surface area (Å²) in [5.74, 6) is 0. The Morgan fingerprint density at radius 1 is 1.18 bits per heavy atom. The fourth-order valence-corrected chi connectivity index (χ4v) is 2.36. The molecule has 0 fully saturated rings. The van der Waals surface area contributed by atoms with E-state index in [1.54, 1.807) is 11.3 Å². The zero-order chi connectivity index (χ0) is 12.1. The smallest absolute Gasteiger partial charge is 0.0925 e. The van der Waals surface area contributed by atoms with E-state index in [-0.39, 0.29) is 0 Å². The predicted molar refractivity (Wildman–Crippen MR) is 71.0 cm³/mol. The van der Waals surface area contributed by atoms with Crippen molar-refractivity contribution < 1.29 is 0 Å². The normalized spacial score (nSPS) is 10.7. The van der Waals surface area contributed by atoms with E-state index < -0.39 is 0 Å². The van der Waals surface area contributed by atoms with Crippen LogP contribution in [0.1, 0.15) is 28.1 Å². The van der Waals surface area contributed by atoms with Crippen LogP contribution in [0, 0.1) is 6.92 Å². The van der Waals surface area contributed by atoms with Gasteiger partial charge < -0.3 is 5.32 Å². The van der Waals surface area contributed by atoms with Crippen LogP contribution in [0.5, 0.6) is 0 Å². The Labute approximate surface area is 106 Å². The molecular formula is C13H17N3S. The molecule has 0 atom stereocenters. The summed E-state index contributed by atoms with van der Waals surface area (Å²) in [4.78, 5) is 9.90. The van der Waals surface area contributed by atoms with Crippen molar-refractivity contribution >= 4 is 11.3 Å². The van der Waals surface area contributed by atoms with Crippen molar-refractivity contribution in [1.82, 2.24) is 15.3 Å². The molecule has 2 rings (SSSR count). The maximum Gasteiger partial charge on any atom is 0.0925 e. The predicted octanol–water partition coefficient (Wildman–Crippen LogP) is 2.70. The minimum Gasteiger partial charge on any atom is -0.308 e. The quantitative estimate of drug-likeness (QED) is 0.882. The molecule has 3 nitrogen and oxygen atoms in total. The number of nitrogens with one attached hydrogen (secondary N) is 1. The molecule has 0 aliphatic rings. The minimum atomic E-state index is 0.854. The van der Waals surface area contributed by atoms with E-state index in [4.69, 9.17) is 0 Å². The Bertz CT molecular complexity index is 462. The standard InChI is InChI=1S/C13H17N3S/c1-3-13-16-9-12(17-13)8-14-6-11-5-4-10(2)15-7-11/h4-5,7,9,14H,3,6,8H2,1-2H3. The number of nitrogens with zero attached hydrogens (tertiary/aromatic N) is 2. The number of rotatable bonds is 5. The second kappa shape index (κ2) is 5.89. The molecule has 2 aromatic rings. The lowest BCUT2D eigenvalue weighted by molar-refractivity contribution is 0.697. The van der Waals surface area contributed by atoms with Crippen LogP contribution in [0.2, 0.25) is 0 Å². The van der Waals surface area contributed by atoms with Crippen LogP contribution in [-0.4, -0.2) is 9.97 Å². The summed E-state index contributed by atoms with van der Waals surface area (Å²) < 4.78 is 0. The van der Waals surface area contributed by atoms with Gasteiger partial charge in [-0.05, 0) is 25.0 Å². The van der Waals surface area contributed by atoms with Gasteiger partial charge in [-0.25, -0.2) is 4.98 Å². The molecule has 0 aromatic carbocycles. The van der Waals surface area contributed by atoms with Gasteiger partial charge in [0.1, 0.15) is 0 Å². The van der Waals surface area contributed by atoms with Crippen LogP contribution in [-0.2, 0) is 19.5 Å². The van der Waals surface area contributed by atoms with Crippen LogP contribution in [0.4, 0.5) is 0 Å². The molecule has 90 valence electrons. The number of pyridine rings is 1. The van der Waals surface area contributed by atoms with Crippen molar-refractivity contribution in [3.8, 4) is 0 Å². The maximum atomic E-state index is 4.34. The third-order valence-electron chi connectivity index (χ3n) is 2.50. The van der Waals surface area contributed by atoms with Crippen molar-refractivity contribution in [1.29, 1.82) is 0 Å². The van der Waals surface area contributed by atoms with Crippen molar-refractivity contribution in [3.63, 3.8) is 0 Å². The Morgan fingerprint density at radius 2 is 2.06 bits per heavy atom. The highest BCUT2D eigenvalue weighted by Crippen LogP contribution is 2.13. The van der Waals surface area contributed by atoms with Gasteiger partial charge in [0.15, 0.2) is 0 Å². The third kappa shape index (κ3) is 3.61. The van der Waals surface area contributed by atoms with Gasteiger partial charge in [-0.15, -0.1) is 11.3 Å². The van der Waals surface area contributed by atoms with Crippen LogP contribution in [0.25, 0.3) is 0 Å². The molecule has 0 bridgehead atoms. The lowest BCUT2D eigenvalue weighted by Gasteiger charge is -2.02. The second-order valence-corrected chi connectivity index (χ2v) is 5.18. The first-order chi connectivity index (χ1) is 8.28. The fraction of sp³-hybridized carbons (Fsp3) is 0.385. The lowest BCUT2D eigenvalue weighted by Crippen LogP contribution is -2.11. The maximum absolute atomic E-state index is 4.34. The van der Waals surface area contributed by atoms with Gasteiger partial charge in [0, 0.05) is 36.1 Å². The monoisotopic (exact) mass is 247 g/mol. The molecule has 4 heteroatoms. The van der Waals surface area contributed by atoms with E-state index in [0.717, 1.165) is 25.2 Å². The number of aromatic nitrogens is 2. The first-order valence-corrected chi connectivity index (χ1v) is 6.65. The topological polar surface area (TPSA) is 37.8 Å². The highest BCUT2D eigenvalue weighted by molar-refractivity contribution is 7.11. The molecule has 0 aliphatic carbocycles. The van der Waals surface area contributed by atoms with Crippen LogP contribution >= 0.6 is 11.3 Å². The van der Waals surface area contributed by atoms with Crippen molar-refractivity contribution in [2.24, 2.45) is 0 Å². The van der Waals surface area contributed by atoms with E-state index in [9.17, 15) is 0 Å². The van der Waals surface area contributed by atoms with Crippen molar-refractivity contribution in [3.05, 3.63) is 45.7 Å². The number of thiazole rings is 1. The molecule has 0 radical (unpaired) electrons. The van der Waals surface area contributed by atoms with Crippen molar-refractivity contribution in [2.45, 2.75) is 33.4 Å². The largest absolute Gasteiger partial charge is 0.308 e. The SMILES string of the molecule is CCc1ncc(CNCc2ccc(C)nc2)s1. The molecule has 0 aliphatic heterocycles. The highest BCUT2D eigenvalue weighted by Gasteiger charge is 2.00. The molecule has 0 spiro atoms. The van der Waals surface area contributed by atoms with Gasteiger partial charge in [0.25, 0.3) is 0 Å². The van der Waals surface area contributed by atoms with E-state index in [0.29, 0.717) is 0 Å².